The summed E-state index contributed by atoms with van der Waals surface area (Å²) in [6, 6.07) is 8.95. The van der Waals surface area contributed by atoms with Gasteiger partial charge in [-0.3, -0.25) is 19.7 Å². The number of nitro groups is 1. The van der Waals surface area contributed by atoms with E-state index in [0.717, 1.165) is 11.0 Å². The number of thioether (sulfide) groups is 1. The van der Waals surface area contributed by atoms with Crippen LogP contribution in [0, 0.1) is 10.1 Å². The number of aliphatic imine (C=N–C) groups is 1. The Kier molecular flexibility index (Phi) is 8.11. The second-order valence-corrected chi connectivity index (χ2v) is 7.11. The van der Waals surface area contributed by atoms with E-state index in [1.807, 2.05) is 5.48 Å². The van der Waals surface area contributed by atoms with Gasteiger partial charge in [0.1, 0.15) is 0 Å². The van der Waals surface area contributed by atoms with Crippen LogP contribution in [0.5, 0.6) is 0 Å². The van der Waals surface area contributed by atoms with Gasteiger partial charge in [0.05, 0.1) is 33.0 Å². The molecule has 0 aliphatic rings. The molecular formula is C16H15Cl2FN4O3S. The molecule has 0 aromatic heterocycles. The van der Waals surface area contributed by atoms with E-state index in [0.29, 0.717) is 22.9 Å². The minimum atomic E-state index is -0.575. The zero-order valence-corrected chi connectivity index (χ0v) is 16.1. The summed E-state index contributed by atoms with van der Waals surface area (Å²) in [5, 5.41) is 23.3. The minimum absolute atomic E-state index is 0.0420. The lowest BCUT2D eigenvalue weighted by atomic mass is 10.3. The minimum Gasteiger partial charge on any atom is -0.323 e. The van der Waals surface area contributed by atoms with Crippen molar-refractivity contribution >= 4 is 58.0 Å². The van der Waals surface area contributed by atoms with Gasteiger partial charge in [0, 0.05) is 22.8 Å². The zero-order chi connectivity index (χ0) is 19.8. The topological polar surface area (TPSA) is 99.8 Å². The van der Waals surface area contributed by atoms with E-state index < -0.39 is 4.92 Å². The van der Waals surface area contributed by atoms with Gasteiger partial charge in [-0.2, -0.15) is 0 Å². The molecule has 0 amide bonds. The van der Waals surface area contributed by atoms with Crippen LogP contribution in [0.3, 0.4) is 0 Å². The van der Waals surface area contributed by atoms with Crippen LogP contribution in [0.1, 0.15) is 6.42 Å². The second-order valence-electron chi connectivity index (χ2n) is 5.12. The third kappa shape index (κ3) is 6.24. The van der Waals surface area contributed by atoms with E-state index >= 15 is 0 Å². The van der Waals surface area contributed by atoms with E-state index in [1.165, 1.54) is 23.9 Å². The third-order valence-electron chi connectivity index (χ3n) is 3.22. The summed E-state index contributed by atoms with van der Waals surface area (Å²) in [6.07, 6.45) is 0.444. The molecule has 0 aliphatic carbocycles. The van der Waals surface area contributed by atoms with Crippen LogP contribution < -0.4 is 10.8 Å². The van der Waals surface area contributed by atoms with E-state index in [2.05, 4.69) is 10.3 Å². The Morgan fingerprint density at radius 1 is 1.26 bits per heavy atom. The lowest BCUT2D eigenvalue weighted by molar-refractivity contribution is -0.384. The van der Waals surface area contributed by atoms with E-state index in [9.17, 15) is 19.7 Å². The predicted molar refractivity (Wildman–Crippen MR) is 107 cm³/mol. The van der Waals surface area contributed by atoms with Crippen molar-refractivity contribution in [1.29, 1.82) is 0 Å². The molecule has 0 atom stereocenters. The smallest absolute Gasteiger partial charge is 0.271 e. The van der Waals surface area contributed by atoms with Crippen molar-refractivity contribution in [2.75, 3.05) is 17.7 Å². The van der Waals surface area contributed by atoms with Crippen molar-refractivity contribution in [3.05, 3.63) is 56.6 Å². The van der Waals surface area contributed by atoms with Crippen LogP contribution in [-0.4, -0.2) is 28.5 Å². The van der Waals surface area contributed by atoms with E-state index in [-0.39, 0.29) is 29.0 Å². The van der Waals surface area contributed by atoms with Gasteiger partial charge in [0.15, 0.2) is 0 Å². The van der Waals surface area contributed by atoms with Crippen molar-refractivity contribution in [2.24, 2.45) is 4.99 Å². The molecule has 0 radical (unpaired) electrons. The Bertz CT molecular complexity index is 854. The second kappa shape index (κ2) is 10.3. The summed E-state index contributed by atoms with van der Waals surface area (Å²) in [5.74, 6) is 0.536. The lowest BCUT2D eigenvalue weighted by Gasteiger charge is -2.12. The van der Waals surface area contributed by atoms with Crippen molar-refractivity contribution < 1.29 is 14.5 Å². The number of halogens is 3. The highest BCUT2D eigenvalue weighted by Crippen LogP contribution is 2.31. The largest absolute Gasteiger partial charge is 0.323 e. The highest BCUT2D eigenvalue weighted by molar-refractivity contribution is 7.99. The molecule has 0 heterocycles. The number of benzene rings is 2. The van der Waals surface area contributed by atoms with Gasteiger partial charge in [0.25, 0.3) is 5.69 Å². The summed E-state index contributed by atoms with van der Waals surface area (Å²) in [4.78, 5) is 15.1. The van der Waals surface area contributed by atoms with Gasteiger partial charge in [-0.15, -0.1) is 11.8 Å². The molecule has 2 aromatic carbocycles. The number of alkyl halides is 1. The average molecular weight is 433 g/mol. The first-order chi connectivity index (χ1) is 12.9. The highest BCUT2D eigenvalue weighted by Gasteiger charge is 2.11. The predicted octanol–water partition coefficient (Wildman–Crippen LogP) is 5.43. The van der Waals surface area contributed by atoms with Crippen LogP contribution in [0.2, 0.25) is 10.0 Å². The molecule has 0 bridgehead atoms. The monoisotopic (exact) mass is 432 g/mol. The summed E-state index contributed by atoms with van der Waals surface area (Å²) >= 11 is 13.6. The molecule has 0 saturated carbocycles. The molecule has 2 rings (SSSR count). The van der Waals surface area contributed by atoms with Gasteiger partial charge in [-0.05, 0) is 30.7 Å². The standard InChI is InChI=1S/C16H15Cl2FN4O3S/c17-12-4-3-11(27-7-1-6-19)9-15(12)21-16(22-24)20-14-5-2-10(23(25)26)8-13(14)18/h2-5,8-9,24H,1,6-7H2,(H2,20,21,22). The molecule has 0 spiro atoms. The number of hydrogen-bond acceptors (Lipinski definition) is 5. The van der Waals surface area contributed by atoms with Crippen LogP contribution in [0.25, 0.3) is 0 Å². The third-order valence-corrected chi connectivity index (χ3v) is 4.93. The molecule has 7 nitrogen and oxygen atoms in total. The Morgan fingerprint density at radius 2 is 2.04 bits per heavy atom. The Labute approximate surface area is 168 Å². The maximum absolute atomic E-state index is 12.2. The summed E-state index contributed by atoms with van der Waals surface area (Å²) in [7, 11) is 0. The molecule has 27 heavy (non-hydrogen) atoms. The van der Waals surface area contributed by atoms with E-state index in [1.54, 1.807) is 18.2 Å². The lowest BCUT2D eigenvalue weighted by Crippen LogP contribution is -2.27. The Hall–Kier alpha value is -2.07. The van der Waals surface area contributed by atoms with Gasteiger partial charge in [-0.25, -0.2) is 10.5 Å². The molecular weight excluding hydrogens is 418 g/mol. The maximum Gasteiger partial charge on any atom is 0.271 e. The first-order valence-electron chi connectivity index (χ1n) is 7.62. The Morgan fingerprint density at radius 3 is 2.67 bits per heavy atom. The number of hydrogen-bond donors (Lipinski definition) is 3. The highest BCUT2D eigenvalue weighted by atomic mass is 35.5. The zero-order valence-electron chi connectivity index (χ0n) is 13.8. The average Bonchev–Trinajstić information content (AvgIpc) is 2.65. The number of nitrogens with zero attached hydrogens (tertiary/aromatic N) is 2. The molecule has 144 valence electrons. The van der Waals surface area contributed by atoms with E-state index in [4.69, 9.17) is 23.2 Å². The molecule has 0 fully saturated rings. The summed E-state index contributed by atoms with van der Waals surface area (Å²) < 4.78 is 12.2. The molecule has 0 aliphatic heterocycles. The van der Waals surface area contributed by atoms with Crippen LogP contribution >= 0.6 is 35.0 Å². The molecule has 0 saturated heterocycles. The number of non-ortho nitro benzene ring substituents is 1. The van der Waals surface area contributed by atoms with Crippen molar-refractivity contribution in [1.82, 2.24) is 5.48 Å². The first-order valence-corrected chi connectivity index (χ1v) is 9.37. The normalized spacial score (nSPS) is 11.3. The Balaban J connectivity index is 2.22. The number of rotatable bonds is 7. The molecule has 11 heteroatoms. The number of nitrogens with one attached hydrogen (secondary N) is 2. The maximum atomic E-state index is 12.2. The van der Waals surface area contributed by atoms with Crippen LogP contribution in [0.15, 0.2) is 46.3 Å². The first kappa shape index (κ1) is 21.2. The quantitative estimate of drug-likeness (QED) is 0.134. The fourth-order valence-electron chi connectivity index (χ4n) is 1.96. The van der Waals surface area contributed by atoms with Crippen molar-refractivity contribution in [3.8, 4) is 0 Å². The summed E-state index contributed by atoms with van der Waals surface area (Å²) in [6.45, 7) is -0.382. The van der Waals surface area contributed by atoms with Gasteiger partial charge >= 0.3 is 0 Å². The van der Waals surface area contributed by atoms with Gasteiger partial charge < -0.3 is 5.32 Å². The number of hydroxylamine groups is 1. The van der Waals surface area contributed by atoms with Crippen LogP contribution in [-0.2, 0) is 0 Å². The number of nitro benzene ring substituents is 1. The molecule has 3 N–H and O–H groups in total. The number of anilines is 1. The molecule has 0 unspecified atom stereocenters. The summed E-state index contributed by atoms with van der Waals surface area (Å²) in [5.41, 5.74) is 2.38. The van der Waals surface area contributed by atoms with Crippen molar-refractivity contribution in [3.63, 3.8) is 0 Å². The number of guanidine groups is 1. The van der Waals surface area contributed by atoms with Crippen molar-refractivity contribution in [2.45, 2.75) is 11.3 Å². The van der Waals surface area contributed by atoms with Gasteiger partial charge in [0.2, 0.25) is 5.96 Å². The fourth-order valence-corrected chi connectivity index (χ4v) is 3.20. The fraction of sp³-hybridized carbons (Fsp3) is 0.188. The molecule has 2 aromatic rings. The van der Waals surface area contributed by atoms with Crippen LogP contribution in [0.4, 0.5) is 21.5 Å². The SMILES string of the molecule is O=[N+]([O-])c1ccc(N=C(NO)Nc2cc(SCCCF)ccc2Cl)c(Cl)c1. The van der Waals surface area contributed by atoms with Gasteiger partial charge in [-0.1, -0.05) is 23.2 Å².